The second-order valence-electron chi connectivity index (χ2n) is 9.19. The van der Waals surface area contributed by atoms with Crippen LogP contribution < -0.4 is 19.1 Å². The molecule has 0 aliphatic carbocycles. The summed E-state index contributed by atoms with van der Waals surface area (Å²) in [5.41, 5.74) is 3.93. The first-order valence-corrected chi connectivity index (χ1v) is 13.9. The Balaban J connectivity index is 1.76. The largest absolute Gasteiger partial charge is 0.497 e. The van der Waals surface area contributed by atoms with Gasteiger partial charge in [-0.3, -0.25) is 9.10 Å². The van der Waals surface area contributed by atoms with Gasteiger partial charge in [0.05, 0.1) is 30.8 Å². The highest BCUT2D eigenvalue weighted by molar-refractivity contribution is 7.92. The van der Waals surface area contributed by atoms with E-state index in [1.807, 2.05) is 68.4 Å². The molecule has 1 amide bonds. The molecule has 0 aromatic heterocycles. The average Bonchev–Trinajstić information content (AvgIpc) is 2.95. The number of rotatable bonds is 10. The van der Waals surface area contributed by atoms with Crippen LogP contribution in [0.25, 0.3) is 0 Å². The molecule has 0 spiro atoms. The first kappa shape index (κ1) is 27.7. The van der Waals surface area contributed by atoms with Gasteiger partial charge in [0, 0.05) is 6.07 Å². The SMILES string of the molecule is COc1ccc(OC)c(N(CC(=O)NC(c2ccccc2)c2cccc(C)c2)S(=O)(=O)c2ccc(C)cc2)c1. The molecule has 0 bridgehead atoms. The fourth-order valence-electron chi connectivity index (χ4n) is 4.32. The maximum atomic E-state index is 14.0. The van der Waals surface area contributed by atoms with Gasteiger partial charge in [-0.25, -0.2) is 8.42 Å². The van der Waals surface area contributed by atoms with Gasteiger partial charge in [0.2, 0.25) is 5.91 Å². The number of methoxy groups -OCH3 is 2. The van der Waals surface area contributed by atoms with Crippen molar-refractivity contribution < 1.29 is 22.7 Å². The van der Waals surface area contributed by atoms with Gasteiger partial charge in [-0.05, 0) is 49.2 Å². The van der Waals surface area contributed by atoms with E-state index >= 15 is 0 Å². The lowest BCUT2D eigenvalue weighted by Crippen LogP contribution is -2.42. The molecule has 4 rings (SSSR count). The van der Waals surface area contributed by atoms with Crippen molar-refractivity contribution >= 4 is 21.6 Å². The summed E-state index contributed by atoms with van der Waals surface area (Å²) in [5, 5.41) is 3.06. The second-order valence-corrected chi connectivity index (χ2v) is 11.1. The summed E-state index contributed by atoms with van der Waals surface area (Å²) in [6.07, 6.45) is 0. The molecule has 7 nitrogen and oxygen atoms in total. The van der Waals surface area contributed by atoms with Crippen LogP contribution in [0.3, 0.4) is 0 Å². The maximum Gasteiger partial charge on any atom is 0.264 e. The standard InChI is InChI=1S/C31H32N2O5S/c1-22-13-16-27(17-14-22)39(35,36)33(28-20-26(37-3)15-18-29(28)38-4)21-30(34)32-31(24-10-6-5-7-11-24)25-12-8-9-23(2)19-25/h5-20,31H,21H2,1-4H3,(H,32,34). The number of ether oxygens (including phenoxy) is 2. The number of aryl methyl sites for hydroxylation is 2. The molecule has 8 heteroatoms. The fraction of sp³-hybridized carbons (Fsp3) is 0.194. The third-order valence-corrected chi connectivity index (χ3v) is 8.14. The van der Waals surface area contributed by atoms with Gasteiger partial charge in [-0.1, -0.05) is 77.9 Å². The lowest BCUT2D eigenvalue weighted by atomic mass is 9.97. The van der Waals surface area contributed by atoms with Gasteiger partial charge in [-0.15, -0.1) is 0 Å². The summed E-state index contributed by atoms with van der Waals surface area (Å²) in [5.74, 6) is 0.237. The monoisotopic (exact) mass is 544 g/mol. The molecule has 1 unspecified atom stereocenters. The summed E-state index contributed by atoms with van der Waals surface area (Å²) < 4.78 is 39.9. The summed E-state index contributed by atoms with van der Waals surface area (Å²) in [6.45, 7) is 3.38. The Labute approximate surface area is 230 Å². The Morgan fingerprint density at radius 3 is 2.13 bits per heavy atom. The molecule has 0 fully saturated rings. The van der Waals surface area contributed by atoms with E-state index in [-0.39, 0.29) is 16.3 Å². The zero-order valence-corrected chi connectivity index (χ0v) is 23.2. The molecule has 0 saturated carbocycles. The number of hydrogen-bond donors (Lipinski definition) is 1. The van der Waals surface area contributed by atoms with E-state index in [2.05, 4.69) is 5.32 Å². The van der Waals surface area contributed by atoms with Crippen LogP contribution in [0.2, 0.25) is 0 Å². The van der Waals surface area contributed by atoms with Gasteiger partial charge >= 0.3 is 0 Å². The van der Waals surface area contributed by atoms with Crippen LogP contribution in [0.5, 0.6) is 11.5 Å². The Morgan fingerprint density at radius 2 is 1.49 bits per heavy atom. The van der Waals surface area contributed by atoms with E-state index in [9.17, 15) is 13.2 Å². The first-order valence-electron chi connectivity index (χ1n) is 12.4. The Bertz CT molecular complexity index is 1540. The number of sulfonamides is 1. The lowest BCUT2D eigenvalue weighted by Gasteiger charge is -2.27. The highest BCUT2D eigenvalue weighted by Gasteiger charge is 2.31. The number of amides is 1. The number of nitrogens with zero attached hydrogens (tertiary/aromatic N) is 1. The van der Waals surface area contributed by atoms with Gasteiger partial charge in [-0.2, -0.15) is 0 Å². The van der Waals surface area contributed by atoms with E-state index in [1.54, 1.807) is 30.3 Å². The number of benzene rings is 4. The van der Waals surface area contributed by atoms with Crippen LogP contribution in [0.15, 0.2) is 102 Å². The van der Waals surface area contributed by atoms with Crippen LogP contribution in [0.4, 0.5) is 5.69 Å². The molecule has 0 aliphatic rings. The highest BCUT2D eigenvalue weighted by atomic mass is 32.2. The van der Waals surface area contributed by atoms with Crippen molar-refractivity contribution in [2.24, 2.45) is 0 Å². The number of nitrogens with one attached hydrogen (secondary N) is 1. The van der Waals surface area contributed by atoms with E-state index < -0.39 is 28.5 Å². The molecule has 0 heterocycles. The minimum absolute atomic E-state index is 0.0593. The van der Waals surface area contributed by atoms with Crippen molar-refractivity contribution in [2.45, 2.75) is 24.8 Å². The van der Waals surface area contributed by atoms with Crippen molar-refractivity contribution in [3.05, 3.63) is 119 Å². The van der Waals surface area contributed by atoms with Crippen LogP contribution >= 0.6 is 0 Å². The van der Waals surface area contributed by atoms with Crippen LogP contribution in [0, 0.1) is 13.8 Å². The molecular weight excluding hydrogens is 512 g/mol. The van der Waals surface area contributed by atoms with E-state index in [0.29, 0.717) is 5.75 Å². The maximum absolute atomic E-state index is 14.0. The van der Waals surface area contributed by atoms with Crippen molar-refractivity contribution in [3.63, 3.8) is 0 Å². The summed E-state index contributed by atoms with van der Waals surface area (Å²) in [6, 6.07) is 28.3. The molecule has 0 saturated heterocycles. The van der Waals surface area contributed by atoms with Crippen LogP contribution in [-0.2, 0) is 14.8 Å². The third kappa shape index (κ3) is 6.41. The smallest absolute Gasteiger partial charge is 0.264 e. The molecule has 202 valence electrons. The van der Waals surface area contributed by atoms with Gasteiger partial charge in [0.25, 0.3) is 10.0 Å². The molecular formula is C31H32N2O5S. The highest BCUT2D eigenvalue weighted by Crippen LogP contribution is 2.36. The van der Waals surface area contributed by atoms with Crippen molar-refractivity contribution in [1.29, 1.82) is 0 Å². The van der Waals surface area contributed by atoms with Gasteiger partial charge in [0.15, 0.2) is 0 Å². The Morgan fingerprint density at radius 1 is 0.795 bits per heavy atom. The van der Waals surface area contributed by atoms with E-state index in [4.69, 9.17) is 9.47 Å². The second kappa shape index (κ2) is 12.0. The van der Waals surface area contributed by atoms with E-state index in [1.165, 1.54) is 26.4 Å². The zero-order chi connectivity index (χ0) is 28.0. The topological polar surface area (TPSA) is 84.9 Å². The molecule has 1 atom stereocenters. The summed E-state index contributed by atoms with van der Waals surface area (Å²) >= 11 is 0. The number of hydrogen-bond acceptors (Lipinski definition) is 5. The normalized spacial score (nSPS) is 11.9. The van der Waals surface area contributed by atoms with Crippen molar-refractivity contribution in [3.8, 4) is 11.5 Å². The Hall–Kier alpha value is -4.30. The molecule has 0 aliphatic heterocycles. The van der Waals surface area contributed by atoms with Crippen molar-refractivity contribution in [2.75, 3.05) is 25.1 Å². The number of carbonyl (C=O) groups excluding carboxylic acids is 1. The molecule has 4 aromatic rings. The minimum Gasteiger partial charge on any atom is -0.497 e. The predicted octanol–water partition coefficient (Wildman–Crippen LogP) is 5.42. The first-order chi connectivity index (χ1) is 18.7. The average molecular weight is 545 g/mol. The summed E-state index contributed by atoms with van der Waals surface area (Å²) in [4.78, 5) is 13.7. The minimum atomic E-state index is -4.16. The van der Waals surface area contributed by atoms with Crippen LogP contribution in [0.1, 0.15) is 28.3 Å². The fourth-order valence-corrected chi connectivity index (χ4v) is 5.74. The molecule has 1 N–H and O–H groups in total. The Kier molecular flexibility index (Phi) is 8.56. The predicted molar refractivity (Wildman–Crippen MR) is 153 cm³/mol. The molecule has 4 aromatic carbocycles. The molecule has 39 heavy (non-hydrogen) atoms. The summed E-state index contributed by atoms with van der Waals surface area (Å²) in [7, 11) is -1.22. The molecule has 0 radical (unpaired) electrons. The van der Waals surface area contributed by atoms with Crippen molar-refractivity contribution in [1.82, 2.24) is 5.32 Å². The van der Waals surface area contributed by atoms with Gasteiger partial charge in [0.1, 0.15) is 18.0 Å². The van der Waals surface area contributed by atoms with E-state index in [0.717, 1.165) is 26.6 Å². The van der Waals surface area contributed by atoms with Gasteiger partial charge < -0.3 is 14.8 Å². The lowest BCUT2D eigenvalue weighted by molar-refractivity contribution is -0.120. The zero-order valence-electron chi connectivity index (χ0n) is 22.4. The third-order valence-electron chi connectivity index (χ3n) is 6.36. The van der Waals surface area contributed by atoms with Crippen LogP contribution in [-0.4, -0.2) is 35.1 Å². The quantitative estimate of drug-likeness (QED) is 0.288. The number of carbonyl (C=O) groups is 1. The number of anilines is 1.